The van der Waals surface area contributed by atoms with Gasteiger partial charge < -0.3 is 4.90 Å². The van der Waals surface area contributed by atoms with Crippen LogP contribution in [0.15, 0.2) is 21.5 Å². The van der Waals surface area contributed by atoms with Crippen molar-refractivity contribution >= 4 is 31.9 Å². The minimum atomic E-state index is -4.23. The quantitative estimate of drug-likeness (QED) is 0.855. The van der Waals surface area contributed by atoms with Crippen molar-refractivity contribution in [1.29, 1.82) is 0 Å². The molecule has 0 aliphatic carbocycles. The third-order valence-corrected chi connectivity index (χ3v) is 4.85. The van der Waals surface area contributed by atoms with E-state index in [0.717, 1.165) is 18.9 Å². The van der Waals surface area contributed by atoms with Crippen molar-refractivity contribution in [1.82, 2.24) is 4.90 Å². The Labute approximate surface area is 131 Å². The zero-order valence-electron chi connectivity index (χ0n) is 11.5. The fraction of sp³-hybridized carbons (Fsp3) is 0.462. The van der Waals surface area contributed by atoms with E-state index in [2.05, 4.69) is 15.9 Å². The fourth-order valence-electron chi connectivity index (χ4n) is 2.47. The van der Waals surface area contributed by atoms with Crippen LogP contribution in [-0.2, 0) is 10.0 Å². The highest BCUT2D eigenvalue weighted by atomic mass is 79.9. The van der Waals surface area contributed by atoms with Crippen LogP contribution in [0.25, 0.3) is 0 Å². The van der Waals surface area contributed by atoms with Crippen LogP contribution in [0.1, 0.15) is 30.1 Å². The number of hydrogen-bond acceptors (Lipinski definition) is 3. The molecule has 2 rings (SSSR count). The maximum absolute atomic E-state index is 14.3. The van der Waals surface area contributed by atoms with Crippen molar-refractivity contribution in [2.45, 2.75) is 24.7 Å². The molecule has 0 saturated carbocycles. The summed E-state index contributed by atoms with van der Waals surface area (Å²) in [6, 6.07) is 2.34. The molecule has 116 valence electrons. The van der Waals surface area contributed by atoms with Crippen LogP contribution in [-0.4, -0.2) is 32.3 Å². The molecule has 1 unspecified atom stereocenters. The van der Waals surface area contributed by atoms with Crippen LogP contribution in [0.2, 0.25) is 0 Å². The maximum Gasteiger partial charge on any atom is 0.256 e. The van der Waals surface area contributed by atoms with Gasteiger partial charge in [-0.2, -0.15) is 0 Å². The van der Waals surface area contributed by atoms with E-state index in [1.807, 2.05) is 6.92 Å². The smallest absolute Gasteiger partial charge is 0.256 e. The van der Waals surface area contributed by atoms with E-state index in [4.69, 9.17) is 5.14 Å². The zero-order chi connectivity index (χ0) is 15.8. The number of primary sulfonamides is 1. The van der Waals surface area contributed by atoms with Gasteiger partial charge in [-0.15, -0.1) is 0 Å². The standard InChI is InChI=1S/C13H16BrFN2O3S/c1-8-3-2-4-17(7-8)13(18)10-5-9(14)6-11(12(10)15)21(16,19)20/h5-6,8H,2-4,7H2,1H3,(H2,16,19,20). The van der Waals surface area contributed by atoms with Crippen molar-refractivity contribution in [2.24, 2.45) is 11.1 Å². The molecule has 1 atom stereocenters. The molecule has 5 nitrogen and oxygen atoms in total. The number of carbonyl (C=O) groups excluding carboxylic acids is 1. The van der Waals surface area contributed by atoms with Gasteiger partial charge in [0.2, 0.25) is 10.0 Å². The van der Waals surface area contributed by atoms with Gasteiger partial charge in [-0.25, -0.2) is 17.9 Å². The topological polar surface area (TPSA) is 80.5 Å². The van der Waals surface area contributed by atoms with Crippen LogP contribution >= 0.6 is 15.9 Å². The van der Waals surface area contributed by atoms with E-state index < -0.39 is 26.6 Å². The number of amides is 1. The summed E-state index contributed by atoms with van der Waals surface area (Å²) >= 11 is 3.09. The molecule has 1 aromatic rings. The number of sulfonamides is 1. The molecule has 0 spiro atoms. The Kier molecular flexibility index (Phi) is 4.69. The maximum atomic E-state index is 14.3. The Hall–Kier alpha value is -0.990. The summed E-state index contributed by atoms with van der Waals surface area (Å²) < 4.78 is 37.4. The second kappa shape index (κ2) is 6.02. The molecule has 1 aromatic carbocycles. The predicted octanol–water partition coefficient (Wildman–Crippen LogP) is 2.11. The van der Waals surface area contributed by atoms with Gasteiger partial charge in [0.15, 0.2) is 5.82 Å². The Morgan fingerprint density at radius 3 is 2.71 bits per heavy atom. The third-order valence-electron chi connectivity index (χ3n) is 3.49. The lowest BCUT2D eigenvalue weighted by Gasteiger charge is -2.31. The number of piperidine rings is 1. The second-order valence-electron chi connectivity index (χ2n) is 5.31. The second-order valence-corrected chi connectivity index (χ2v) is 7.75. The predicted molar refractivity (Wildman–Crippen MR) is 79.8 cm³/mol. The molecule has 21 heavy (non-hydrogen) atoms. The first-order chi connectivity index (χ1) is 9.70. The van der Waals surface area contributed by atoms with Crippen LogP contribution in [0.3, 0.4) is 0 Å². The van der Waals surface area contributed by atoms with Gasteiger partial charge in [0, 0.05) is 17.6 Å². The van der Waals surface area contributed by atoms with Gasteiger partial charge in [-0.3, -0.25) is 4.79 Å². The number of carbonyl (C=O) groups is 1. The number of rotatable bonds is 2. The molecule has 1 aliphatic heterocycles. The molecule has 0 radical (unpaired) electrons. The molecule has 1 aliphatic rings. The van der Waals surface area contributed by atoms with E-state index in [1.54, 1.807) is 4.90 Å². The Balaban J connectivity index is 2.44. The fourth-order valence-corrected chi connectivity index (χ4v) is 3.73. The minimum absolute atomic E-state index is 0.275. The number of likely N-dealkylation sites (tertiary alicyclic amines) is 1. The molecule has 0 bridgehead atoms. The van der Waals surface area contributed by atoms with Gasteiger partial charge in [-0.1, -0.05) is 22.9 Å². The highest BCUT2D eigenvalue weighted by molar-refractivity contribution is 9.10. The summed E-state index contributed by atoms with van der Waals surface area (Å²) in [4.78, 5) is 13.3. The normalized spacial score (nSPS) is 19.6. The molecule has 8 heteroatoms. The summed E-state index contributed by atoms with van der Waals surface area (Å²) in [5.41, 5.74) is -0.275. The van der Waals surface area contributed by atoms with Crippen LogP contribution in [0.5, 0.6) is 0 Å². The zero-order valence-corrected chi connectivity index (χ0v) is 13.9. The average molecular weight is 379 g/mol. The molecular formula is C13H16BrFN2O3S. The summed E-state index contributed by atoms with van der Waals surface area (Å²) in [5, 5.41) is 4.98. The number of halogens is 2. The van der Waals surface area contributed by atoms with Gasteiger partial charge in [-0.05, 0) is 30.9 Å². The first kappa shape index (κ1) is 16.4. The van der Waals surface area contributed by atoms with Crippen molar-refractivity contribution in [2.75, 3.05) is 13.1 Å². The Morgan fingerprint density at radius 1 is 1.48 bits per heavy atom. The van der Waals surface area contributed by atoms with Crippen molar-refractivity contribution in [3.63, 3.8) is 0 Å². The summed E-state index contributed by atoms with van der Waals surface area (Å²) in [6.07, 6.45) is 1.87. The number of nitrogens with zero attached hydrogens (tertiary/aromatic N) is 1. The third kappa shape index (κ3) is 3.61. The number of nitrogens with two attached hydrogens (primary N) is 1. The molecule has 0 aromatic heterocycles. The average Bonchev–Trinajstić information content (AvgIpc) is 2.39. The first-order valence-electron chi connectivity index (χ1n) is 6.51. The lowest BCUT2D eigenvalue weighted by molar-refractivity contribution is 0.0677. The van der Waals surface area contributed by atoms with E-state index in [1.165, 1.54) is 6.07 Å². The molecule has 1 amide bonds. The van der Waals surface area contributed by atoms with Crippen molar-refractivity contribution in [3.05, 3.63) is 28.0 Å². The van der Waals surface area contributed by atoms with Crippen molar-refractivity contribution < 1.29 is 17.6 Å². The monoisotopic (exact) mass is 378 g/mol. The van der Waals surface area contributed by atoms with Gasteiger partial charge in [0.05, 0.1) is 5.56 Å². The summed E-state index contributed by atoms with van der Waals surface area (Å²) in [5.74, 6) is -1.26. The van der Waals surface area contributed by atoms with Crippen LogP contribution in [0, 0.1) is 11.7 Å². The van der Waals surface area contributed by atoms with Crippen LogP contribution < -0.4 is 5.14 Å². The van der Waals surface area contributed by atoms with Gasteiger partial charge in [0.25, 0.3) is 5.91 Å². The van der Waals surface area contributed by atoms with E-state index in [9.17, 15) is 17.6 Å². The van der Waals surface area contributed by atoms with E-state index in [-0.39, 0.29) is 5.56 Å². The SMILES string of the molecule is CC1CCCN(C(=O)c2cc(Br)cc(S(N)(=O)=O)c2F)C1. The molecular weight excluding hydrogens is 363 g/mol. The van der Waals surface area contributed by atoms with E-state index >= 15 is 0 Å². The lowest BCUT2D eigenvalue weighted by atomic mass is 9.99. The highest BCUT2D eigenvalue weighted by Gasteiger charge is 2.27. The molecule has 1 saturated heterocycles. The van der Waals surface area contributed by atoms with Gasteiger partial charge in [0.1, 0.15) is 4.90 Å². The largest absolute Gasteiger partial charge is 0.338 e. The van der Waals surface area contributed by atoms with Crippen LogP contribution in [0.4, 0.5) is 4.39 Å². The lowest BCUT2D eigenvalue weighted by Crippen LogP contribution is -2.39. The van der Waals surface area contributed by atoms with E-state index in [0.29, 0.717) is 23.5 Å². The number of benzene rings is 1. The van der Waals surface area contributed by atoms with Gasteiger partial charge >= 0.3 is 0 Å². The minimum Gasteiger partial charge on any atom is -0.338 e. The number of hydrogen-bond donors (Lipinski definition) is 1. The summed E-state index contributed by atoms with van der Waals surface area (Å²) in [6.45, 7) is 3.10. The van der Waals surface area contributed by atoms with Crippen molar-refractivity contribution in [3.8, 4) is 0 Å². The first-order valence-corrected chi connectivity index (χ1v) is 8.85. The molecule has 1 fully saturated rings. The summed E-state index contributed by atoms with van der Waals surface area (Å²) in [7, 11) is -4.23. The molecule has 1 heterocycles. The highest BCUT2D eigenvalue weighted by Crippen LogP contribution is 2.26. The Bertz CT molecular complexity index is 678. The Morgan fingerprint density at radius 2 is 2.14 bits per heavy atom. The molecule has 2 N–H and O–H groups in total.